The molecule has 0 saturated carbocycles. The van der Waals surface area contributed by atoms with Crippen LogP contribution in [0.25, 0.3) is 0 Å². The van der Waals surface area contributed by atoms with E-state index in [9.17, 15) is 0 Å². The lowest BCUT2D eigenvalue weighted by Gasteiger charge is -2.30. The Morgan fingerprint density at radius 1 is 1.21 bits per heavy atom. The first-order chi connectivity index (χ1) is 9.24. The van der Waals surface area contributed by atoms with Crippen molar-refractivity contribution in [2.24, 2.45) is 5.73 Å². The second-order valence-corrected chi connectivity index (χ2v) is 5.99. The Morgan fingerprint density at radius 3 is 2.89 bits per heavy atom. The summed E-state index contributed by atoms with van der Waals surface area (Å²) in [6, 6.07) is 15.6. The van der Waals surface area contributed by atoms with Crippen LogP contribution in [0.15, 0.2) is 53.4 Å². The zero-order chi connectivity index (χ0) is 13.2. The average Bonchev–Trinajstić information content (AvgIpc) is 2.46. The Morgan fingerprint density at radius 2 is 2.05 bits per heavy atom. The van der Waals surface area contributed by atoms with E-state index in [1.807, 2.05) is 42.5 Å². The fourth-order valence-corrected chi connectivity index (χ4v) is 3.39. The molecule has 0 fully saturated rings. The predicted molar refractivity (Wildman–Crippen MR) is 80.0 cm³/mol. The van der Waals surface area contributed by atoms with E-state index in [2.05, 4.69) is 6.07 Å². The summed E-state index contributed by atoms with van der Waals surface area (Å²) in [5.74, 6) is 1.77. The Bertz CT molecular complexity index is 590. The molecule has 2 unspecified atom stereocenters. The summed E-state index contributed by atoms with van der Waals surface area (Å²) in [6.45, 7) is 0. The molecule has 98 valence electrons. The van der Waals surface area contributed by atoms with Gasteiger partial charge in [-0.05, 0) is 29.8 Å². The van der Waals surface area contributed by atoms with Crippen LogP contribution in [-0.2, 0) is 0 Å². The highest BCUT2D eigenvalue weighted by Crippen LogP contribution is 2.37. The summed E-state index contributed by atoms with van der Waals surface area (Å²) in [6.07, 6.45) is -0.0293. The zero-order valence-corrected chi connectivity index (χ0v) is 11.8. The van der Waals surface area contributed by atoms with E-state index in [4.69, 9.17) is 22.1 Å². The summed E-state index contributed by atoms with van der Waals surface area (Å²) in [7, 11) is 0. The molecule has 1 aliphatic heterocycles. The third kappa shape index (κ3) is 2.73. The van der Waals surface area contributed by atoms with Gasteiger partial charge in [0.1, 0.15) is 11.9 Å². The quantitative estimate of drug-likeness (QED) is 0.911. The van der Waals surface area contributed by atoms with Gasteiger partial charge in [0.25, 0.3) is 0 Å². The number of nitrogens with two attached hydrogens (primary N) is 1. The van der Waals surface area contributed by atoms with E-state index < -0.39 is 0 Å². The summed E-state index contributed by atoms with van der Waals surface area (Å²) < 4.78 is 6.00. The van der Waals surface area contributed by atoms with Gasteiger partial charge in [-0.15, -0.1) is 11.8 Å². The van der Waals surface area contributed by atoms with Crippen molar-refractivity contribution in [3.63, 3.8) is 0 Å². The van der Waals surface area contributed by atoms with Crippen LogP contribution in [0.1, 0.15) is 11.6 Å². The van der Waals surface area contributed by atoms with Gasteiger partial charge >= 0.3 is 0 Å². The molecule has 2 atom stereocenters. The number of benzene rings is 2. The summed E-state index contributed by atoms with van der Waals surface area (Å²) >= 11 is 7.79. The van der Waals surface area contributed by atoms with Gasteiger partial charge in [0.05, 0.1) is 6.04 Å². The molecule has 2 aromatic carbocycles. The molecule has 4 heteroatoms. The number of halogens is 1. The number of hydrogen-bond donors (Lipinski definition) is 1. The topological polar surface area (TPSA) is 35.2 Å². The normalized spacial score (nSPS) is 19.4. The first kappa shape index (κ1) is 12.9. The number of para-hydroxylation sites is 1. The van der Waals surface area contributed by atoms with Crippen molar-refractivity contribution >= 4 is 23.4 Å². The monoisotopic (exact) mass is 291 g/mol. The second kappa shape index (κ2) is 5.45. The highest BCUT2D eigenvalue weighted by Gasteiger charge is 2.26. The predicted octanol–water partition coefficient (Wildman–Crippen LogP) is 3.89. The Labute approximate surface area is 121 Å². The second-order valence-electron chi connectivity index (χ2n) is 4.49. The molecule has 2 nitrogen and oxygen atoms in total. The SMILES string of the molecule is NC(c1cccc(Cl)c1)C1CSc2ccccc2O1. The van der Waals surface area contributed by atoms with Crippen LogP contribution in [0.3, 0.4) is 0 Å². The van der Waals surface area contributed by atoms with Crippen molar-refractivity contribution in [3.8, 4) is 5.75 Å². The number of ether oxygens (including phenoxy) is 1. The lowest BCUT2D eigenvalue weighted by atomic mass is 10.0. The molecule has 1 heterocycles. The Hall–Kier alpha value is -1.16. The van der Waals surface area contributed by atoms with Crippen molar-refractivity contribution in [2.75, 3.05) is 5.75 Å². The molecule has 0 aromatic heterocycles. The van der Waals surface area contributed by atoms with Gasteiger partial charge in [0, 0.05) is 15.7 Å². The Kier molecular flexibility index (Phi) is 3.69. The van der Waals surface area contributed by atoms with Gasteiger partial charge in [-0.3, -0.25) is 0 Å². The van der Waals surface area contributed by atoms with Crippen LogP contribution in [0.4, 0.5) is 0 Å². The number of fused-ring (bicyclic) bond motifs is 1. The molecule has 1 aliphatic rings. The lowest BCUT2D eigenvalue weighted by Crippen LogP contribution is -2.35. The van der Waals surface area contributed by atoms with Crippen LogP contribution in [0.2, 0.25) is 5.02 Å². The molecular formula is C15H14ClNOS. The maximum absolute atomic E-state index is 6.30. The maximum atomic E-state index is 6.30. The third-order valence-corrected chi connectivity index (χ3v) is 4.54. The van der Waals surface area contributed by atoms with E-state index in [1.165, 1.54) is 4.90 Å². The molecule has 2 aromatic rings. The van der Waals surface area contributed by atoms with E-state index >= 15 is 0 Å². The number of thioether (sulfide) groups is 1. The lowest BCUT2D eigenvalue weighted by molar-refractivity contribution is 0.185. The van der Waals surface area contributed by atoms with Crippen LogP contribution < -0.4 is 10.5 Å². The van der Waals surface area contributed by atoms with Gasteiger partial charge < -0.3 is 10.5 Å². The first-order valence-electron chi connectivity index (χ1n) is 6.13. The summed E-state index contributed by atoms with van der Waals surface area (Å²) in [4.78, 5) is 1.18. The average molecular weight is 292 g/mol. The highest BCUT2D eigenvalue weighted by molar-refractivity contribution is 7.99. The van der Waals surface area contributed by atoms with E-state index in [0.717, 1.165) is 17.1 Å². The van der Waals surface area contributed by atoms with Crippen LogP contribution in [-0.4, -0.2) is 11.9 Å². The number of rotatable bonds is 2. The minimum Gasteiger partial charge on any atom is -0.486 e. The molecule has 3 rings (SSSR count). The van der Waals surface area contributed by atoms with Crippen molar-refractivity contribution < 1.29 is 4.74 Å². The minimum atomic E-state index is -0.167. The van der Waals surface area contributed by atoms with E-state index in [1.54, 1.807) is 11.8 Å². The molecule has 19 heavy (non-hydrogen) atoms. The van der Waals surface area contributed by atoms with Gasteiger partial charge in [-0.25, -0.2) is 0 Å². The molecule has 0 spiro atoms. The molecule has 0 amide bonds. The van der Waals surface area contributed by atoms with Crippen LogP contribution >= 0.6 is 23.4 Å². The van der Waals surface area contributed by atoms with Crippen LogP contribution in [0.5, 0.6) is 5.75 Å². The van der Waals surface area contributed by atoms with Crippen molar-refractivity contribution in [2.45, 2.75) is 17.0 Å². The smallest absolute Gasteiger partial charge is 0.133 e. The molecule has 0 bridgehead atoms. The van der Waals surface area contributed by atoms with Gasteiger partial charge in [0.15, 0.2) is 0 Å². The molecule has 0 aliphatic carbocycles. The van der Waals surface area contributed by atoms with Gasteiger partial charge in [0.2, 0.25) is 0 Å². The summed E-state index contributed by atoms with van der Waals surface area (Å²) in [5, 5.41) is 0.705. The standard InChI is InChI=1S/C15H14ClNOS/c16-11-5-3-4-10(8-11)15(17)13-9-19-14-7-2-1-6-12(14)18-13/h1-8,13,15H,9,17H2. The van der Waals surface area contributed by atoms with Crippen LogP contribution in [0, 0.1) is 0 Å². The van der Waals surface area contributed by atoms with Crippen molar-refractivity contribution in [1.82, 2.24) is 0 Å². The minimum absolute atomic E-state index is 0.0293. The van der Waals surface area contributed by atoms with Gasteiger partial charge in [-0.2, -0.15) is 0 Å². The Balaban J connectivity index is 1.81. The third-order valence-electron chi connectivity index (χ3n) is 3.16. The molecule has 2 N–H and O–H groups in total. The molecular weight excluding hydrogens is 278 g/mol. The highest BCUT2D eigenvalue weighted by atomic mass is 35.5. The largest absolute Gasteiger partial charge is 0.486 e. The zero-order valence-electron chi connectivity index (χ0n) is 10.3. The molecule has 0 radical (unpaired) electrons. The van der Waals surface area contributed by atoms with E-state index in [-0.39, 0.29) is 12.1 Å². The van der Waals surface area contributed by atoms with Crippen molar-refractivity contribution in [3.05, 3.63) is 59.1 Å². The summed E-state index contributed by atoms with van der Waals surface area (Å²) in [5.41, 5.74) is 7.31. The van der Waals surface area contributed by atoms with Gasteiger partial charge in [-0.1, -0.05) is 35.9 Å². The fraction of sp³-hybridized carbons (Fsp3) is 0.200. The maximum Gasteiger partial charge on any atom is 0.133 e. The number of hydrogen-bond acceptors (Lipinski definition) is 3. The molecule has 0 saturated heterocycles. The first-order valence-corrected chi connectivity index (χ1v) is 7.50. The fourth-order valence-electron chi connectivity index (χ4n) is 2.14. The van der Waals surface area contributed by atoms with Crippen molar-refractivity contribution in [1.29, 1.82) is 0 Å². The van der Waals surface area contributed by atoms with E-state index in [0.29, 0.717) is 5.02 Å².